The summed E-state index contributed by atoms with van der Waals surface area (Å²) in [6.45, 7) is 0. The number of nitrogens with zero attached hydrogens (tertiary/aromatic N) is 2. The highest BCUT2D eigenvalue weighted by Gasteiger charge is 2.16. The van der Waals surface area contributed by atoms with Gasteiger partial charge in [-0.3, -0.25) is 4.79 Å². The van der Waals surface area contributed by atoms with Gasteiger partial charge in [-0.15, -0.1) is 0 Å². The van der Waals surface area contributed by atoms with Crippen molar-refractivity contribution in [3.8, 4) is 22.8 Å². The van der Waals surface area contributed by atoms with E-state index in [1.54, 1.807) is 62.8 Å². The monoisotopic (exact) mass is 325 g/mol. The highest BCUT2D eigenvalue weighted by atomic mass is 16.6. The van der Waals surface area contributed by atoms with Crippen LogP contribution in [0.1, 0.15) is 10.4 Å². The number of hydrogen-bond acceptors (Lipinski definition) is 6. The van der Waals surface area contributed by atoms with Crippen LogP contribution in [0, 0.1) is 0 Å². The lowest BCUT2D eigenvalue weighted by Gasteiger charge is -2.05. The molecule has 122 valence electrons. The third-order valence-corrected chi connectivity index (χ3v) is 3.42. The van der Waals surface area contributed by atoms with Crippen molar-refractivity contribution in [2.45, 2.75) is 0 Å². The van der Waals surface area contributed by atoms with Crippen LogP contribution in [-0.4, -0.2) is 30.4 Å². The number of anilines is 1. The molecule has 0 radical (unpaired) electrons. The molecule has 24 heavy (non-hydrogen) atoms. The largest absolute Gasteiger partial charge is 0.497 e. The maximum absolute atomic E-state index is 12.4. The van der Waals surface area contributed by atoms with Crippen molar-refractivity contribution in [3.63, 3.8) is 0 Å². The van der Waals surface area contributed by atoms with Gasteiger partial charge in [-0.25, -0.2) is 4.63 Å². The van der Waals surface area contributed by atoms with E-state index in [0.717, 1.165) is 11.3 Å². The number of ether oxygens (including phenoxy) is 2. The Balaban J connectivity index is 1.83. The second-order valence-electron chi connectivity index (χ2n) is 4.88. The summed E-state index contributed by atoms with van der Waals surface area (Å²) in [5.41, 5.74) is 1.63. The third-order valence-electron chi connectivity index (χ3n) is 3.42. The fourth-order valence-corrected chi connectivity index (χ4v) is 2.15. The van der Waals surface area contributed by atoms with Crippen LogP contribution < -0.4 is 14.8 Å². The number of benzene rings is 2. The van der Waals surface area contributed by atoms with E-state index in [2.05, 4.69) is 15.6 Å². The first-order valence-corrected chi connectivity index (χ1v) is 7.13. The van der Waals surface area contributed by atoms with E-state index in [9.17, 15) is 4.79 Å². The number of amides is 1. The van der Waals surface area contributed by atoms with Crippen LogP contribution >= 0.6 is 0 Å². The molecule has 7 heteroatoms. The van der Waals surface area contributed by atoms with E-state index >= 15 is 0 Å². The molecule has 1 amide bonds. The molecule has 1 heterocycles. The maximum Gasteiger partial charge on any atom is 0.257 e. The molecule has 2 aromatic carbocycles. The van der Waals surface area contributed by atoms with Gasteiger partial charge in [0.1, 0.15) is 11.5 Å². The number of nitrogens with one attached hydrogen (secondary N) is 1. The standard InChI is InChI=1S/C17H15N3O4/c1-22-13-8-6-11(7-9-13)15-16(20-24-19-15)18-17(21)12-4-3-5-14(10-12)23-2/h3-10H,1-2H3,(H,18,20,21). The summed E-state index contributed by atoms with van der Waals surface area (Å²) in [7, 11) is 3.13. The van der Waals surface area contributed by atoms with Gasteiger partial charge >= 0.3 is 0 Å². The van der Waals surface area contributed by atoms with Gasteiger partial charge in [0.2, 0.25) is 5.82 Å². The molecule has 0 atom stereocenters. The molecule has 0 aliphatic heterocycles. The van der Waals surface area contributed by atoms with Gasteiger partial charge in [0.15, 0.2) is 5.69 Å². The van der Waals surface area contributed by atoms with E-state index in [1.807, 2.05) is 0 Å². The highest BCUT2D eigenvalue weighted by molar-refractivity contribution is 6.05. The highest BCUT2D eigenvalue weighted by Crippen LogP contribution is 2.26. The van der Waals surface area contributed by atoms with Crippen molar-refractivity contribution in [2.24, 2.45) is 0 Å². The molecule has 7 nitrogen and oxygen atoms in total. The predicted molar refractivity (Wildman–Crippen MR) is 87.2 cm³/mol. The molecule has 0 aliphatic carbocycles. The van der Waals surface area contributed by atoms with E-state index in [-0.39, 0.29) is 11.7 Å². The van der Waals surface area contributed by atoms with Crippen molar-refractivity contribution >= 4 is 11.7 Å². The van der Waals surface area contributed by atoms with Crippen molar-refractivity contribution < 1.29 is 18.9 Å². The van der Waals surface area contributed by atoms with Gasteiger partial charge in [0, 0.05) is 11.1 Å². The Labute approximate surface area is 138 Å². The Morgan fingerprint density at radius 3 is 2.46 bits per heavy atom. The molecule has 0 fully saturated rings. The van der Waals surface area contributed by atoms with Crippen LogP contribution in [0.5, 0.6) is 11.5 Å². The van der Waals surface area contributed by atoms with E-state index in [4.69, 9.17) is 14.1 Å². The van der Waals surface area contributed by atoms with Crippen LogP contribution in [0.15, 0.2) is 53.2 Å². The average Bonchev–Trinajstić information content (AvgIpc) is 3.10. The van der Waals surface area contributed by atoms with Gasteiger partial charge in [-0.1, -0.05) is 6.07 Å². The first kappa shape index (κ1) is 15.5. The van der Waals surface area contributed by atoms with Crippen molar-refractivity contribution in [3.05, 3.63) is 54.1 Å². The van der Waals surface area contributed by atoms with Crippen molar-refractivity contribution in [2.75, 3.05) is 19.5 Å². The van der Waals surface area contributed by atoms with E-state index in [1.165, 1.54) is 0 Å². The molecule has 1 aromatic heterocycles. The minimum Gasteiger partial charge on any atom is -0.497 e. The normalized spacial score (nSPS) is 10.2. The van der Waals surface area contributed by atoms with Gasteiger partial charge < -0.3 is 14.8 Å². The summed E-state index contributed by atoms with van der Waals surface area (Å²) in [6, 6.07) is 14.0. The lowest BCUT2D eigenvalue weighted by molar-refractivity contribution is 0.102. The zero-order valence-corrected chi connectivity index (χ0v) is 13.1. The lowest BCUT2D eigenvalue weighted by Crippen LogP contribution is -2.12. The fourth-order valence-electron chi connectivity index (χ4n) is 2.15. The smallest absolute Gasteiger partial charge is 0.257 e. The minimum atomic E-state index is -0.334. The zero-order valence-electron chi connectivity index (χ0n) is 13.1. The molecule has 1 N–H and O–H groups in total. The van der Waals surface area contributed by atoms with Gasteiger partial charge in [0.05, 0.1) is 14.2 Å². The summed E-state index contributed by atoms with van der Waals surface area (Å²) >= 11 is 0. The molecule has 3 rings (SSSR count). The first-order chi connectivity index (χ1) is 11.7. The number of rotatable bonds is 5. The molecule has 0 aliphatic rings. The average molecular weight is 325 g/mol. The lowest BCUT2D eigenvalue weighted by atomic mass is 10.1. The number of aromatic nitrogens is 2. The fraction of sp³-hybridized carbons (Fsp3) is 0.118. The Bertz CT molecular complexity index is 843. The minimum absolute atomic E-state index is 0.244. The van der Waals surface area contributed by atoms with Gasteiger partial charge in [0.25, 0.3) is 5.91 Å². The van der Waals surface area contributed by atoms with E-state index in [0.29, 0.717) is 17.0 Å². The Kier molecular flexibility index (Phi) is 4.42. The molecule has 0 saturated carbocycles. The van der Waals surface area contributed by atoms with Crippen LogP contribution in [-0.2, 0) is 0 Å². The van der Waals surface area contributed by atoms with Crippen molar-refractivity contribution in [1.29, 1.82) is 0 Å². The maximum atomic E-state index is 12.4. The third kappa shape index (κ3) is 3.19. The van der Waals surface area contributed by atoms with Crippen LogP contribution in [0.4, 0.5) is 5.82 Å². The number of hydrogen-bond donors (Lipinski definition) is 1. The molecular formula is C17H15N3O4. The number of carbonyl (C=O) groups is 1. The SMILES string of the molecule is COc1ccc(-c2nonc2NC(=O)c2cccc(OC)c2)cc1. The zero-order chi connectivity index (χ0) is 16.9. The molecular weight excluding hydrogens is 310 g/mol. The van der Waals surface area contributed by atoms with E-state index < -0.39 is 0 Å². The Morgan fingerprint density at radius 2 is 1.75 bits per heavy atom. The number of methoxy groups -OCH3 is 2. The van der Waals surface area contributed by atoms with Gasteiger partial charge in [-0.2, -0.15) is 0 Å². The van der Waals surface area contributed by atoms with Crippen LogP contribution in [0.2, 0.25) is 0 Å². The van der Waals surface area contributed by atoms with Gasteiger partial charge in [-0.05, 0) is 52.8 Å². The second kappa shape index (κ2) is 6.82. The molecule has 3 aromatic rings. The van der Waals surface area contributed by atoms with Crippen molar-refractivity contribution in [1.82, 2.24) is 10.3 Å². The Morgan fingerprint density at radius 1 is 1.00 bits per heavy atom. The molecule has 0 bridgehead atoms. The second-order valence-corrected chi connectivity index (χ2v) is 4.88. The van der Waals surface area contributed by atoms with Crippen LogP contribution in [0.3, 0.4) is 0 Å². The number of carbonyl (C=O) groups excluding carboxylic acids is 1. The predicted octanol–water partition coefficient (Wildman–Crippen LogP) is 3.01. The molecule has 0 saturated heterocycles. The Hall–Kier alpha value is -3.35. The molecule has 0 spiro atoms. The summed E-state index contributed by atoms with van der Waals surface area (Å²) in [5, 5.41) is 10.3. The van der Waals surface area contributed by atoms with Crippen LogP contribution in [0.25, 0.3) is 11.3 Å². The summed E-state index contributed by atoms with van der Waals surface area (Å²) in [4.78, 5) is 12.4. The summed E-state index contributed by atoms with van der Waals surface area (Å²) < 4.78 is 15.0. The summed E-state index contributed by atoms with van der Waals surface area (Å²) in [6.07, 6.45) is 0. The summed E-state index contributed by atoms with van der Waals surface area (Å²) in [5.74, 6) is 1.22. The quantitative estimate of drug-likeness (QED) is 0.776. The topological polar surface area (TPSA) is 86.5 Å². The molecule has 0 unspecified atom stereocenters. The first-order valence-electron chi connectivity index (χ1n) is 7.13.